The summed E-state index contributed by atoms with van der Waals surface area (Å²) in [4.78, 5) is 4.46. The lowest BCUT2D eigenvalue weighted by Gasteiger charge is -2.07. The molecule has 0 aliphatic rings. The van der Waals surface area contributed by atoms with Crippen molar-refractivity contribution in [1.29, 1.82) is 0 Å². The number of pyridine rings is 1. The largest absolute Gasteiger partial charge is 0.396 e. The minimum absolute atomic E-state index is 0.405. The van der Waals surface area contributed by atoms with Crippen LogP contribution in [0.25, 0.3) is 0 Å². The summed E-state index contributed by atoms with van der Waals surface area (Å²) in [5, 5.41) is 0. The van der Waals surface area contributed by atoms with Crippen LogP contribution in [0.15, 0.2) is 23.4 Å². The van der Waals surface area contributed by atoms with E-state index in [4.69, 9.17) is 19.9 Å². The number of nitrogen functional groups attached to an aromatic ring is 1. The summed E-state index contributed by atoms with van der Waals surface area (Å²) in [6.07, 6.45) is 3.08. The molecule has 0 radical (unpaired) electrons. The molecule has 0 bridgehead atoms. The van der Waals surface area contributed by atoms with Gasteiger partial charge in [0.1, 0.15) is 0 Å². The molecule has 2 N–H and O–H groups in total. The lowest BCUT2D eigenvalue weighted by Crippen LogP contribution is -2.12. The Labute approximate surface area is 115 Å². The average molecular weight is 288 g/mol. The van der Waals surface area contributed by atoms with Gasteiger partial charge < -0.3 is 19.9 Å². The molecule has 1 unspecified atom stereocenters. The molecule has 0 saturated heterocycles. The summed E-state index contributed by atoms with van der Waals surface area (Å²) in [5.41, 5.74) is 6.14. The molecule has 1 atom stereocenters. The summed E-state index contributed by atoms with van der Waals surface area (Å²) in [6, 6.07) is 1.67. The minimum Gasteiger partial charge on any atom is -0.396 e. The maximum absolute atomic E-state index is 11.9. The van der Waals surface area contributed by atoms with Gasteiger partial charge in [0, 0.05) is 13.3 Å². The fraction of sp³-hybridized carbons (Fsp3) is 0.583. The van der Waals surface area contributed by atoms with E-state index < -0.39 is 10.8 Å². The summed E-state index contributed by atoms with van der Waals surface area (Å²) < 4.78 is 27.3. The molecule has 7 heteroatoms. The van der Waals surface area contributed by atoms with E-state index in [2.05, 4.69) is 4.98 Å². The fourth-order valence-electron chi connectivity index (χ4n) is 1.31. The van der Waals surface area contributed by atoms with Crippen LogP contribution in [0.2, 0.25) is 0 Å². The fourth-order valence-corrected chi connectivity index (χ4v) is 2.33. The van der Waals surface area contributed by atoms with Gasteiger partial charge in [-0.3, -0.25) is 9.19 Å². The summed E-state index contributed by atoms with van der Waals surface area (Å²) in [6.45, 7) is 2.52. The van der Waals surface area contributed by atoms with Crippen LogP contribution < -0.4 is 5.73 Å². The van der Waals surface area contributed by atoms with Gasteiger partial charge in [-0.05, 0) is 6.07 Å². The maximum Gasteiger partial charge on any atom is 0.0701 e. The monoisotopic (exact) mass is 288 g/mol. The van der Waals surface area contributed by atoms with Gasteiger partial charge in [0.2, 0.25) is 0 Å². The third-order valence-corrected chi connectivity index (χ3v) is 3.67. The Morgan fingerprint density at radius 3 is 2.58 bits per heavy atom. The highest BCUT2D eigenvalue weighted by atomic mass is 32.2. The van der Waals surface area contributed by atoms with Crippen LogP contribution in [-0.4, -0.2) is 55.1 Å². The number of anilines is 1. The molecular weight excluding hydrogens is 268 g/mol. The summed E-state index contributed by atoms with van der Waals surface area (Å²) in [7, 11) is 0.469. The zero-order valence-corrected chi connectivity index (χ0v) is 11.9. The molecule has 1 aromatic heterocycles. The van der Waals surface area contributed by atoms with E-state index in [1.54, 1.807) is 19.4 Å². The number of rotatable bonds is 10. The maximum atomic E-state index is 11.9. The third-order valence-electron chi connectivity index (χ3n) is 2.27. The van der Waals surface area contributed by atoms with Gasteiger partial charge in [-0.1, -0.05) is 0 Å². The second-order valence-corrected chi connectivity index (χ2v) is 5.22. The van der Waals surface area contributed by atoms with Crippen molar-refractivity contribution < 1.29 is 18.4 Å². The number of hydrogen-bond donors (Lipinski definition) is 1. The minimum atomic E-state index is -1.16. The lowest BCUT2D eigenvalue weighted by atomic mass is 10.4. The quantitative estimate of drug-likeness (QED) is 0.629. The number of nitrogens with two attached hydrogens (primary N) is 1. The van der Waals surface area contributed by atoms with Gasteiger partial charge in [-0.25, -0.2) is 0 Å². The van der Waals surface area contributed by atoms with Crippen LogP contribution in [0.3, 0.4) is 0 Å². The number of aromatic nitrogens is 1. The van der Waals surface area contributed by atoms with Crippen LogP contribution in [0, 0.1) is 0 Å². The van der Waals surface area contributed by atoms with Crippen molar-refractivity contribution in [3.05, 3.63) is 18.5 Å². The van der Waals surface area contributed by atoms with E-state index in [-0.39, 0.29) is 0 Å². The Balaban J connectivity index is 2.10. The second-order valence-electron chi connectivity index (χ2n) is 3.68. The first kappa shape index (κ1) is 16.0. The summed E-state index contributed by atoms with van der Waals surface area (Å²) in [5.74, 6) is 0.409. The van der Waals surface area contributed by atoms with Crippen molar-refractivity contribution in [2.75, 3.05) is 51.6 Å². The lowest BCUT2D eigenvalue weighted by molar-refractivity contribution is 0.0285. The van der Waals surface area contributed by atoms with E-state index in [1.807, 2.05) is 0 Å². The van der Waals surface area contributed by atoms with Crippen molar-refractivity contribution in [2.45, 2.75) is 4.90 Å². The predicted molar refractivity (Wildman–Crippen MR) is 73.4 cm³/mol. The smallest absolute Gasteiger partial charge is 0.0701 e. The molecule has 0 amide bonds. The molecule has 0 aliphatic carbocycles. The number of ether oxygens (including phenoxy) is 3. The molecule has 0 spiro atoms. The van der Waals surface area contributed by atoms with Crippen molar-refractivity contribution >= 4 is 16.5 Å². The molecule has 0 aromatic carbocycles. The zero-order valence-electron chi connectivity index (χ0n) is 11.0. The van der Waals surface area contributed by atoms with Gasteiger partial charge in [-0.15, -0.1) is 0 Å². The molecule has 6 nitrogen and oxygen atoms in total. The number of methoxy groups -OCH3 is 1. The van der Waals surface area contributed by atoms with Crippen LogP contribution in [-0.2, 0) is 25.0 Å². The average Bonchev–Trinajstić information content (AvgIpc) is 2.42. The van der Waals surface area contributed by atoms with Crippen molar-refractivity contribution in [3.8, 4) is 0 Å². The Kier molecular flexibility index (Phi) is 8.31. The SMILES string of the molecule is COCCOCCOCCS(=O)c1ccncc1N. The second kappa shape index (κ2) is 9.85. The standard InChI is InChI=1S/C12H20N2O4S/c1-16-4-5-17-6-7-18-8-9-19(15)12-2-3-14-10-11(12)13/h2-3,10H,4-9,13H2,1H3. The van der Waals surface area contributed by atoms with Crippen LogP contribution >= 0.6 is 0 Å². The van der Waals surface area contributed by atoms with Gasteiger partial charge >= 0.3 is 0 Å². The van der Waals surface area contributed by atoms with Gasteiger partial charge in [0.15, 0.2) is 0 Å². The van der Waals surface area contributed by atoms with Gasteiger partial charge in [-0.2, -0.15) is 0 Å². The first-order valence-electron chi connectivity index (χ1n) is 5.98. The highest BCUT2D eigenvalue weighted by Gasteiger charge is 2.07. The van der Waals surface area contributed by atoms with Crippen LogP contribution in [0.1, 0.15) is 0 Å². The highest BCUT2D eigenvalue weighted by Crippen LogP contribution is 2.13. The third kappa shape index (κ3) is 6.63. The first-order chi connectivity index (χ1) is 9.25. The summed E-state index contributed by atoms with van der Waals surface area (Å²) >= 11 is 0. The molecule has 19 heavy (non-hydrogen) atoms. The molecule has 0 fully saturated rings. The van der Waals surface area contributed by atoms with E-state index in [0.717, 1.165) is 0 Å². The van der Waals surface area contributed by atoms with Crippen molar-refractivity contribution in [2.24, 2.45) is 0 Å². The van der Waals surface area contributed by atoms with Crippen LogP contribution in [0.5, 0.6) is 0 Å². The van der Waals surface area contributed by atoms with Crippen molar-refractivity contribution in [1.82, 2.24) is 4.98 Å². The Morgan fingerprint density at radius 2 is 1.89 bits per heavy atom. The molecule has 0 aliphatic heterocycles. The topological polar surface area (TPSA) is 83.7 Å². The Hall–Kier alpha value is -1.02. The van der Waals surface area contributed by atoms with E-state index in [1.165, 1.54) is 6.20 Å². The molecule has 0 saturated carbocycles. The van der Waals surface area contributed by atoms with Gasteiger partial charge in [0.25, 0.3) is 0 Å². The van der Waals surface area contributed by atoms with Gasteiger partial charge in [0.05, 0.1) is 66.4 Å². The Bertz CT molecular complexity index is 390. The Morgan fingerprint density at radius 1 is 1.21 bits per heavy atom. The van der Waals surface area contributed by atoms with Crippen molar-refractivity contribution in [3.63, 3.8) is 0 Å². The zero-order chi connectivity index (χ0) is 13.9. The first-order valence-corrected chi connectivity index (χ1v) is 7.30. The number of hydrogen-bond acceptors (Lipinski definition) is 6. The van der Waals surface area contributed by atoms with E-state index in [9.17, 15) is 4.21 Å². The predicted octanol–water partition coefficient (Wildman–Crippen LogP) is 0.451. The van der Waals surface area contributed by atoms with E-state index in [0.29, 0.717) is 49.4 Å². The van der Waals surface area contributed by atoms with E-state index >= 15 is 0 Å². The normalized spacial score (nSPS) is 12.5. The molecular formula is C12H20N2O4S. The molecule has 108 valence electrons. The molecule has 1 rings (SSSR count). The van der Waals surface area contributed by atoms with Crippen LogP contribution in [0.4, 0.5) is 5.69 Å². The highest BCUT2D eigenvalue weighted by molar-refractivity contribution is 7.85. The molecule has 1 aromatic rings. The number of nitrogens with zero attached hydrogens (tertiary/aromatic N) is 1. The molecule has 1 heterocycles.